The molecule has 0 unspecified atom stereocenters. The smallest absolute Gasteiger partial charge is 0.272 e. The Kier molecular flexibility index (Phi) is 7.00. The van der Waals surface area contributed by atoms with Gasteiger partial charge in [-0.2, -0.15) is 5.10 Å². The number of ether oxygens (including phenoxy) is 3. The molecule has 3 rings (SSSR count). The van der Waals surface area contributed by atoms with E-state index in [2.05, 4.69) is 15.5 Å². The van der Waals surface area contributed by atoms with Crippen LogP contribution in [0.5, 0.6) is 17.2 Å². The largest absolute Gasteiger partial charge is 0.497 e. The molecule has 0 atom stereocenters. The Morgan fingerprint density at radius 3 is 2.30 bits per heavy atom. The molecule has 1 N–H and O–H groups in total. The van der Waals surface area contributed by atoms with Crippen LogP contribution in [0.15, 0.2) is 66.0 Å². The highest BCUT2D eigenvalue weighted by molar-refractivity contribution is 5.95. The number of nitrogens with one attached hydrogen (secondary N) is 1. The first-order chi connectivity index (χ1) is 14.6. The molecule has 7 heteroatoms. The van der Waals surface area contributed by atoms with Gasteiger partial charge in [-0.3, -0.25) is 9.78 Å². The Hall–Kier alpha value is -3.87. The summed E-state index contributed by atoms with van der Waals surface area (Å²) >= 11 is 0. The van der Waals surface area contributed by atoms with Crippen molar-refractivity contribution in [3.05, 3.63) is 72.1 Å². The topological polar surface area (TPSA) is 82.0 Å². The minimum Gasteiger partial charge on any atom is -0.497 e. The SMILES string of the molecule is CCOc1ccc(-c2cncc(C(=O)NN=Cc3cc(OC)cc(OC)c3)c2)cc1. The molecule has 0 radical (unpaired) electrons. The van der Waals surface area contributed by atoms with E-state index in [4.69, 9.17) is 14.2 Å². The molecule has 0 bridgehead atoms. The average Bonchev–Trinajstić information content (AvgIpc) is 2.79. The van der Waals surface area contributed by atoms with Gasteiger partial charge in [-0.25, -0.2) is 5.43 Å². The Labute approximate surface area is 175 Å². The lowest BCUT2D eigenvalue weighted by Crippen LogP contribution is -2.17. The first-order valence-electron chi connectivity index (χ1n) is 9.37. The zero-order chi connectivity index (χ0) is 21.3. The van der Waals surface area contributed by atoms with Crippen molar-refractivity contribution in [2.24, 2.45) is 5.10 Å². The number of aromatic nitrogens is 1. The molecule has 1 aromatic heterocycles. The molecule has 30 heavy (non-hydrogen) atoms. The van der Waals surface area contributed by atoms with Crippen LogP contribution in [-0.4, -0.2) is 37.9 Å². The van der Waals surface area contributed by atoms with E-state index >= 15 is 0 Å². The normalized spacial score (nSPS) is 10.6. The number of carbonyl (C=O) groups excluding carboxylic acids is 1. The fourth-order valence-electron chi connectivity index (χ4n) is 2.77. The number of hydrazone groups is 1. The first-order valence-corrected chi connectivity index (χ1v) is 9.37. The van der Waals surface area contributed by atoms with Gasteiger partial charge in [0, 0.05) is 29.6 Å². The first kappa shape index (κ1) is 20.9. The standard InChI is InChI=1S/C23H23N3O4/c1-4-30-20-7-5-17(6-8-20)18-11-19(15-24-14-18)23(27)26-25-13-16-9-21(28-2)12-22(10-16)29-3/h5-15H,4H2,1-3H3,(H,26,27). The summed E-state index contributed by atoms with van der Waals surface area (Å²) < 4.78 is 15.9. The third-order valence-corrected chi connectivity index (χ3v) is 4.25. The monoisotopic (exact) mass is 405 g/mol. The Morgan fingerprint density at radius 1 is 0.967 bits per heavy atom. The number of carbonyl (C=O) groups is 1. The minimum absolute atomic E-state index is 0.360. The third-order valence-electron chi connectivity index (χ3n) is 4.25. The van der Waals surface area contributed by atoms with Gasteiger partial charge in [0.2, 0.25) is 0 Å². The van der Waals surface area contributed by atoms with E-state index in [1.165, 1.54) is 12.4 Å². The molecular weight excluding hydrogens is 382 g/mol. The molecule has 1 amide bonds. The summed E-state index contributed by atoms with van der Waals surface area (Å²) in [6.45, 7) is 2.55. The number of pyridine rings is 1. The molecule has 0 aliphatic carbocycles. The Bertz CT molecular complexity index is 1010. The summed E-state index contributed by atoms with van der Waals surface area (Å²) in [4.78, 5) is 16.6. The van der Waals surface area contributed by atoms with Crippen molar-refractivity contribution in [1.29, 1.82) is 0 Å². The zero-order valence-electron chi connectivity index (χ0n) is 17.1. The van der Waals surface area contributed by atoms with E-state index < -0.39 is 0 Å². The van der Waals surface area contributed by atoms with Crippen LogP contribution in [0, 0.1) is 0 Å². The summed E-state index contributed by atoms with van der Waals surface area (Å²) in [5, 5.41) is 4.02. The van der Waals surface area contributed by atoms with Gasteiger partial charge in [-0.05, 0) is 42.8 Å². The van der Waals surface area contributed by atoms with Crippen molar-refractivity contribution in [2.75, 3.05) is 20.8 Å². The molecule has 0 spiro atoms. The predicted molar refractivity (Wildman–Crippen MR) is 115 cm³/mol. The molecule has 1 heterocycles. The van der Waals surface area contributed by atoms with Gasteiger partial charge in [0.1, 0.15) is 17.2 Å². The lowest BCUT2D eigenvalue weighted by Gasteiger charge is -2.07. The Morgan fingerprint density at radius 2 is 1.67 bits per heavy atom. The maximum Gasteiger partial charge on any atom is 0.272 e. The highest BCUT2D eigenvalue weighted by atomic mass is 16.5. The molecule has 3 aromatic rings. The lowest BCUT2D eigenvalue weighted by atomic mass is 10.1. The average molecular weight is 405 g/mol. The quantitative estimate of drug-likeness (QED) is 0.454. The number of hydrogen-bond donors (Lipinski definition) is 1. The van der Waals surface area contributed by atoms with Gasteiger partial charge in [0.15, 0.2) is 0 Å². The van der Waals surface area contributed by atoms with E-state index in [1.807, 2.05) is 31.2 Å². The summed E-state index contributed by atoms with van der Waals surface area (Å²) in [5.74, 6) is 1.71. The van der Waals surface area contributed by atoms with E-state index in [-0.39, 0.29) is 5.91 Å². The second kappa shape index (κ2) is 10.1. The van der Waals surface area contributed by atoms with Crippen LogP contribution in [0.4, 0.5) is 0 Å². The van der Waals surface area contributed by atoms with Gasteiger partial charge < -0.3 is 14.2 Å². The number of methoxy groups -OCH3 is 2. The molecule has 2 aromatic carbocycles. The van der Waals surface area contributed by atoms with Crippen molar-refractivity contribution in [1.82, 2.24) is 10.4 Å². The molecule has 0 aliphatic heterocycles. The van der Waals surface area contributed by atoms with Crippen LogP contribution in [-0.2, 0) is 0 Å². The second-order valence-corrected chi connectivity index (χ2v) is 6.26. The van der Waals surface area contributed by atoms with Crippen LogP contribution in [0.2, 0.25) is 0 Å². The van der Waals surface area contributed by atoms with Crippen molar-refractivity contribution in [3.8, 4) is 28.4 Å². The molecule has 154 valence electrons. The number of amides is 1. The van der Waals surface area contributed by atoms with Gasteiger partial charge in [-0.1, -0.05) is 12.1 Å². The van der Waals surface area contributed by atoms with Crippen molar-refractivity contribution in [3.63, 3.8) is 0 Å². The molecule has 0 saturated heterocycles. The van der Waals surface area contributed by atoms with Crippen LogP contribution in [0.1, 0.15) is 22.8 Å². The summed E-state index contributed by atoms with van der Waals surface area (Å²) in [7, 11) is 3.14. The highest BCUT2D eigenvalue weighted by Crippen LogP contribution is 2.23. The minimum atomic E-state index is -0.360. The zero-order valence-corrected chi connectivity index (χ0v) is 17.1. The molecule has 7 nitrogen and oxygen atoms in total. The predicted octanol–water partition coefficient (Wildman–Crippen LogP) is 3.93. The van der Waals surface area contributed by atoms with E-state index in [0.29, 0.717) is 23.7 Å². The van der Waals surface area contributed by atoms with Crippen LogP contribution >= 0.6 is 0 Å². The number of benzene rings is 2. The lowest BCUT2D eigenvalue weighted by molar-refractivity contribution is 0.0955. The summed E-state index contributed by atoms with van der Waals surface area (Å²) in [5.41, 5.74) is 5.41. The van der Waals surface area contributed by atoms with Crippen LogP contribution in [0.3, 0.4) is 0 Å². The summed E-state index contributed by atoms with van der Waals surface area (Å²) in [6, 6.07) is 14.7. The van der Waals surface area contributed by atoms with Gasteiger partial charge >= 0.3 is 0 Å². The highest BCUT2D eigenvalue weighted by Gasteiger charge is 2.08. The fourth-order valence-corrected chi connectivity index (χ4v) is 2.77. The summed E-state index contributed by atoms with van der Waals surface area (Å²) in [6.07, 6.45) is 4.72. The van der Waals surface area contributed by atoms with Gasteiger partial charge in [-0.15, -0.1) is 0 Å². The maximum absolute atomic E-state index is 12.5. The van der Waals surface area contributed by atoms with Crippen LogP contribution < -0.4 is 19.6 Å². The Balaban J connectivity index is 1.70. The number of rotatable bonds is 8. The number of nitrogens with zero attached hydrogens (tertiary/aromatic N) is 2. The number of hydrogen-bond acceptors (Lipinski definition) is 6. The van der Waals surface area contributed by atoms with Gasteiger partial charge in [0.05, 0.1) is 32.6 Å². The molecule has 0 aliphatic rings. The molecular formula is C23H23N3O4. The van der Waals surface area contributed by atoms with E-state index in [9.17, 15) is 4.79 Å². The van der Waals surface area contributed by atoms with E-state index in [0.717, 1.165) is 22.4 Å². The van der Waals surface area contributed by atoms with E-state index in [1.54, 1.807) is 44.7 Å². The van der Waals surface area contributed by atoms with Crippen molar-refractivity contribution in [2.45, 2.75) is 6.92 Å². The van der Waals surface area contributed by atoms with Crippen molar-refractivity contribution >= 4 is 12.1 Å². The molecule has 0 saturated carbocycles. The van der Waals surface area contributed by atoms with Gasteiger partial charge in [0.25, 0.3) is 5.91 Å². The fraction of sp³-hybridized carbons (Fsp3) is 0.174. The second-order valence-electron chi connectivity index (χ2n) is 6.26. The van der Waals surface area contributed by atoms with Crippen LogP contribution in [0.25, 0.3) is 11.1 Å². The third kappa shape index (κ3) is 5.35. The molecule has 0 fully saturated rings. The maximum atomic E-state index is 12.5. The van der Waals surface area contributed by atoms with Crippen molar-refractivity contribution < 1.29 is 19.0 Å².